The number of thiophene rings is 1. The number of nitrogens with zero attached hydrogens (tertiary/aromatic N) is 3. The second-order valence-corrected chi connectivity index (χ2v) is 9.74. The lowest BCUT2D eigenvalue weighted by Gasteiger charge is -2.26. The lowest BCUT2D eigenvalue weighted by Crippen LogP contribution is -2.35. The van der Waals surface area contributed by atoms with Crippen molar-refractivity contribution in [2.75, 3.05) is 13.1 Å². The molecule has 7 heteroatoms. The summed E-state index contributed by atoms with van der Waals surface area (Å²) in [5.41, 5.74) is 3.92. The quantitative estimate of drug-likeness (QED) is 0.391. The lowest BCUT2D eigenvalue weighted by atomic mass is 10.1. The molecule has 2 aromatic heterocycles. The second kappa shape index (κ2) is 10.7. The number of aromatic nitrogens is 2. The number of nitrogens with one attached hydrogen (secondary N) is 1. The van der Waals surface area contributed by atoms with Gasteiger partial charge in [-0.25, -0.2) is 0 Å². The van der Waals surface area contributed by atoms with Gasteiger partial charge in [-0.15, -0.1) is 11.3 Å². The van der Waals surface area contributed by atoms with Crippen molar-refractivity contribution in [3.63, 3.8) is 0 Å². The van der Waals surface area contributed by atoms with Gasteiger partial charge >= 0.3 is 0 Å². The Bertz CT molecular complexity index is 1290. The zero-order valence-electron chi connectivity index (χ0n) is 19.5. The minimum absolute atomic E-state index is 0.0695. The van der Waals surface area contributed by atoms with Crippen LogP contribution in [0.2, 0.25) is 0 Å². The van der Waals surface area contributed by atoms with E-state index in [1.54, 1.807) is 11.3 Å². The lowest BCUT2D eigenvalue weighted by molar-refractivity contribution is 0.0724. The highest BCUT2D eigenvalue weighted by molar-refractivity contribution is 7.13. The first-order valence-electron chi connectivity index (χ1n) is 12.0. The summed E-state index contributed by atoms with van der Waals surface area (Å²) in [7, 11) is 0. The van der Waals surface area contributed by atoms with Gasteiger partial charge in [0, 0.05) is 31.4 Å². The van der Waals surface area contributed by atoms with Crippen molar-refractivity contribution in [3.05, 3.63) is 101 Å². The van der Waals surface area contributed by atoms with Gasteiger partial charge in [0.25, 0.3) is 11.8 Å². The Hall–Kier alpha value is -3.71. The molecule has 2 aromatic carbocycles. The number of amides is 2. The molecule has 1 aliphatic rings. The van der Waals surface area contributed by atoms with Gasteiger partial charge in [0.15, 0.2) is 0 Å². The molecular formula is C28H28N4O2S. The van der Waals surface area contributed by atoms with Gasteiger partial charge in [0.1, 0.15) is 5.69 Å². The molecule has 1 saturated heterocycles. The Morgan fingerprint density at radius 2 is 1.71 bits per heavy atom. The maximum Gasteiger partial charge on any atom is 0.255 e. The fraction of sp³-hybridized carbons (Fsp3) is 0.250. The van der Waals surface area contributed by atoms with Gasteiger partial charge in [-0.05, 0) is 54.0 Å². The number of likely N-dealkylation sites (tertiary alicyclic amines) is 1. The van der Waals surface area contributed by atoms with E-state index in [0.29, 0.717) is 29.9 Å². The normalized spacial score (nSPS) is 13.5. The summed E-state index contributed by atoms with van der Waals surface area (Å²) >= 11 is 1.56. The molecule has 1 fully saturated rings. The van der Waals surface area contributed by atoms with Crippen LogP contribution in [0.1, 0.15) is 51.1 Å². The fourth-order valence-electron chi connectivity index (χ4n) is 4.41. The zero-order valence-corrected chi connectivity index (χ0v) is 20.3. The van der Waals surface area contributed by atoms with E-state index in [0.717, 1.165) is 41.9 Å². The van der Waals surface area contributed by atoms with E-state index in [1.807, 2.05) is 87.9 Å². The van der Waals surface area contributed by atoms with Crippen LogP contribution >= 0.6 is 11.3 Å². The Balaban J connectivity index is 1.31. The maximum atomic E-state index is 13.2. The minimum Gasteiger partial charge on any atom is -0.348 e. The van der Waals surface area contributed by atoms with Crippen molar-refractivity contribution in [2.45, 2.75) is 32.4 Å². The zero-order chi connectivity index (χ0) is 24.0. The third-order valence-corrected chi connectivity index (χ3v) is 7.10. The fourth-order valence-corrected chi connectivity index (χ4v) is 5.13. The van der Waals surface area contributed by atoms with Gasteiger partial charge in [0.05, 0.1) is 17.0 Å². The minimum atomic E-state index is -0.180. The largest absolute Gasteiger partial charge is 0.348 e. The van der Waals surface area contributed by atoms with E-state index in [4.69, 9.17) is 5.10 Å². The van der Waals surface area contributed by atoms with E-state index >= 15 is 0 Å². The monoisotopic (exact) mass is 484 g/mol. The molecule has 0 saturated carbocycles. The van der Waals surface area contributed by atoms with Crippen molar-refractivity contribution in [1.82, 2.24) is 20.0 Å². The predicted molar refractivity (Wildman–Crippen MR) is 138 cm³/mol. The molecule has 2 amide bonds. The first-order chi connectivity index (χ1) is 17.2. The van der Waals surface area contributed by atoms with E-state index in [-0.39, 0.29) is 11.8 Å². The van der Waals surface area contributed by atoms with Crippen molar-refractivity contribution in [2.24, 2.45) is 0 Å². The van der Waals surface area contributed by atoms with Crippen LogP contribution in [0, 0.1) is 0 Å². The average molecular weight is 485 g/mol. The molecule has 6 nitrogen and oxygen atoms in total. The second-order valence-electron chi connectivity index (χ2n) is 8.79. The maximum absolute atomic E-state index is 13.2. The van der Waals surface area contributed by atoms with E-state index in [9.17, 15) is 9.59 Å². The van der Waals surface area contributed by atoms with E-state index in [1.165, 1.54) is 6.42 Å². The number of piperidine rings is 1. The molecular weight excluding hydrogens is 456 g/mol. The van der Waals surface area contributed by atoms with Crippen LogP contribution < -0.4 is 5.32 Å². The molecule has 4 aromatic rings. The number of benzene rings is 2. The van der Waals surface area contributed by atoms with Crippen LogP contribution in [-0.4, -0.2) is 39.6 Å². The Kier molecular flexibility index (Phi) is 7.04. The smallest absolute Gasteiger partial charge is 0.255 e. The van der Waals surface area contributed by atoms with Crippen molar-refractivity contribution < 1.29 is 9.59 Å². The summed E-state index contributed by atoms with van der Waals surface area (Å²) in [5.74, 6) is -0.111. The SMILES string of the molecule is O=C(NCc1cccc(C(=O)N2CCCCC2)c1)c1cn(Cc2ccccc2)nc1-c1cccs1. The van der Waals surface area contributed by atoms with Gasteiger partial charge in [-0.1, -0.05) is 48.5 Å². The Labute approximate surface area is 209 Å². The molecule has 5 rings (SSSR count). The van der Waals surface area contributed by atoms with Crippen LogP contribution in [-0.2, 0) is 13.1 Å². The molecule has 0 spiro atoms. The van der Waals surface area contributed by atoms with Crippen LogP contribution in [0.15, 0.2) is 78.3 Å². The van der Waals surface area contributed by atoms with Crippen LogP contribution in [0.25, 0.3) is 10.6 Å². The number of hydrogen-bond acceptors (Lipinski definition) is 4. The number of rotatable bonds is 7. The van der Waals surface area contributed by atoms with E-state index < -0.39 is 0 Å². The third kappa shape index (κ3) is 5.52. The molecule has 0 unspecified atom stereocenters. The molecule has 0 radical (unpaired) electrons. The Morgan fingerprint density at radius 1 is 0.914 bits per heavy atom. The summed E-state index contributed by atoms with van der Waals surface area (Å²) < 4.78 is 1.82. The first kappa shape index (κ1) is 23.1. The highest BCUT2D eigenvalue weighted by Crippen LogP contribution is 2.27. The standard InChI is InChI=1S/C28H28N4O2S/c33-27(29-18-22-11-7-12-23(17-22)28(34)31-14-5-2-6-15-31)24-20-32(19-21-9-3-1-4-10-21)30-26(24)25-13-8-16-35-25/h1,3-4,7-13,16-17,20H,2,5-6,14-15,18-19H2,(H,29,33). The van der Waals surface area contributed by atoms with Gasteiger partial charge in [-0.2, -0.15) is 5.10 Å². The predicted octanol–water partition coefficient (Wildman–Crippen LogP) is 5.22. The number of carbonyl (C=O) groups excluding carboxylic acids is 2. The molecule has 178 valence electrons. The molecule has 3 heterocycles. The van der Waals surface area contributed by atoms with E-state index in [2.05, 4.69) is 5.32 Å². The highest BCUT2D eigenvalue weighted by Gasteiger charge is 2.20. The summed E-state index contributed by atoms with van der Waals surface area (Å²) in [6.45, 7) is 2.57. The number of hydrogen-bond donors (Lipinski definition) is 1. The van der Waals surface area contributed by atoms with Crippen LogP contribution in [0.4, 0.5) is 0 Å². The third-order valence-electron chi connectivity index (χ3n) is 6.22. The van der Waals surface area contributed by atoms with Crippen LogP contribution in [0.5, 0.6) is 0 Å². The van der Waals surface area contributed by atoms with Gasteiger partial charge in [0.2, 0.25) is 0 Å². The molecule has 0 atom stereocenters. The molecule has 0 aliphatic carbocycles. The summed E-state index contributed by atoms with van der Waals surface area (Å²) in [6.07, 6.45) is 5.12. The van der Waals surface area contributed by atoms with Crippen molar-refractivity contribution in [3.8, 4) is 10.6 Å². The number of carbonyl (C=O) groups is 2. The summed E-state index contributed by atoms with van der Waals surface area (Å²) in [6, 6.07) is 21.6. The van der Waals surface area contributed by atoms with Crippen molar-refractivity contribution in [1.29, 1.82) is 0 Å². The molecule has 1 N–H and O–H groups in total. The highest BCUT2D eigenvalue weighted by atomic mass is 32.1. The topological polar surface area (TPSA) is 67.2 Å². The van der Waals surface area contributed by atoms with Crippen molar-refractivity contribution >= 4 is 23.2 Å². The first-order valence-corrected chi connectivity index (χ1v) is 12.9. The van der Waals surface area contributed by atoms with Gasteiger partial charge in [-0.3, -0.25) is 14.3 Å². The molecule has 35 heavy (non-hydrogen) atoms. The molecule has 0 bridgehead atoms. The van der Waals surface area contributed by atoms with Gasteiger partial charge < -0.3 is 10.2 Å². The summed E-state index contributed by atoms with van der Waals surface area (Å²) in [4.78, 5) is 29.0. The molecule has 1 aliphatic heterocycles. The average Bonchev–Trinajstić information content (AvgIpc) is 3.58. The van der Waals surface area contributed by atoms with Crippen LogP contribution in [0.3, 0.4) is 0 Å². The Morgan fingerprint density at radius 3 is 2.49 bits per heavy atom. The summed E-state index contributed by atoms with van der Waals surface area (Å²) in [5, 5.41) is 9.74.